The maximum absolute atomic E-state index is 4.81. The molecule has 8 bridgehead atoms. The minimum atomic E-state index is -0.750. The van der Waals surface area contributed by atoms with Gasteiger partial charge in [0.1, 0.15) is 0 Å². The van der Waals surface area contributed by atoms with Crippen LogP contribution in [-0.2, 0) is 22.4 Å². The van der Waals surface area contributed by atoms with Crippen molar-refractivity contribution in [3.05, 3.63) is 194 Å². The van der Waals surface area contributed by atoms with E-state index in [1.807, 2.05) is 91.0 Å². The molecule has 7 aromatic rings. The largest absolute Gasteiger partial charge is 0.394 e. The number of hydrogen-bond acceptors (Lipinski definition) is 6. The Kier molecular flexibility index (Phi) is 20.5. The van der Waals surface area contributed by atoms with E-state index in [-0.39, 0.29) is 22.4 Å². The predicted octanol–water partition coefficient (Wildman–Crippen LogP) is 10.2. The molecule has 0 saturated heterocycles. The van der Waals surface area contributed by atoms with Crippen LogP contribution >= 0.6 is 34.8 Å². The molecule has 0 saturated carbocycles. The van der Waals surface area contributed by atoms with Crippen molar-refractivity contribution >= 4 is 81.2 Å². The van der Waals surface area contributed by atoms with Crippen LogP contribution in [0.15, 0.2) is 146 Å². The first-order valence-electron chi connectivity index (χ1n) is 15.6. The summed E-state index contributed by atoms with van der Waals surface area (Å²) in [6, 6.07) is 38.4. The average Bonchev–Trinajstić information content (AvgIpc) is 4.03. The SMILES string of the molecule is C1=Cc2cc3ccc(cc4ccc(cc5nc(cc1n2)C=C5)[nH]4)[nH]3.ClC(Cl)Cl.[Au].[c-]1ccccn1.[c-]1ccccn1.[c-]1ccccn1.[c-]1ccccn1. The maximum atomic E-state index is 4.81. The topological polar surface area (TPSA) is 109 Å². The maximum Gasteiger partial charge on any atom is 0.180 e. The van der Waals surface area contributed by atoms with Gasteiger partial charge in [0, 0.05) is 44.4 Å². The van der Waals surface area contributed by atoms with Gasteiger partial charge in [0.15, 0.2) is 4.30 Å². The molecule has 9 heterocycles. The van der Waals surface area contributed by atoms with Crippen molar-refractivity contribution in [3.8, 4) is 0 Å². The summed E-state index contributed by atoms with van der Waals surface area (Å²) in [7, 11) is 0. The molecule has 7 aromatic heterocycles. The molecule has 0 unspecified atom stereocenters. The number of alkyl halides is 3. The molecule has 271 valence electrons. The van der Waals surface area contributed by atoms with E-state index in [0.29, 0.717) is 0 Å². The van der Waals surface area contributed by atoms with E-state index in [9.17, 15) is 0 Å². The Bertz CT molecular complexity index is 1880. The number of nitrogens with zero attached hydrogens (tertiary/aromatic N) is 6. The van der Waals surface area contributed by atoms with E-state index in [1.54, 1.807) is 49.1 Å². The van der Waals surface area contributed by atoms with Gasteiger partial charge in [-0.3, -0.25) is 0 Å². The van der Waals surface area contributed by atoms with E-state index < -0.39 is 4.30 Å². The summed E-state index contributed by atoms with van der Waals surface area (Å²) < 4.78 is -0.750. The Morgan fingerprint density at radius 3 is 0.925 bits per heavy atom. The fraction of sp³-hybridized carbons (Fsp3) is 0.0244. The molecule has 1 radical (unpaired) electrons. The zero-order chi connectivity index (χ0) is 36.5. The van der Waals surface area contributed by atoms with Gasteiger partial charge < -0.3 is 29.9 Å². The minimum Gasteiger partial charge on any atom is -0.394 e. The second kappa shape index (κ2) is 25.7. The molecule has 0 spiro atoms. The van der Waals surface area contributed by atoms with E-state index in [1.165, 1.54) is 0 Å². The number of rotatable bonds is 0. The summed E-state index contributed by atoms with van der Waals surface area (Å²) >= 11 is 14.4. The molecule has 0 amide bonds. The molecular formula is C41H31AuCl3N8-4. The van der Waals surface area contributed by atoms with Crippen LogP contribution in [0.1, 0.15) is 22.8 Å². The van der Waals surface area contributed by atoms with Gasteiger partial charge in [-0.25, -0.2) is 9.97 Å². The quantitative estimate of drug-likeness (QED) is 0.0891. The first-order valence-corrected chi connectivity index (χ1v) is 16.9. The molecule has 2 aliphatic rings. The molecule has 0 atom stereocenters. The van der Waals surface area contributed by atoms with Crippen molar-refractivity contribution in [1.82, 2.24) is 39.9 Å². The fourth-order valence-corrected chi connectivity index (χ4v) is 4.05. The van der Waals surface area contributed by atoms with Crippen LogP contribution in [0, 0.1) is 24.8 Å². The Morgan fingerprint density at radius 1 is 0.415 bits per heavy atom. The summed E-state index contributed by atoms with van der Waals surface area (Å²) in [5.41, 5.74) is 7.86. The van der Waals surface area contributed by atoms with E-state index >= 15 is 0 Å². The van der Waals surface area contributed by atoms with Crippen molar-refractivity contribution in [1.29, 1.82) is 0 Å². The second-order valence-corrected chi connectivity index (χ2v) is 12.0. The fourth-order valence-electron chi connectivity index (χ4n) is 4.05. The summed E-state index contributed by atoms with van der Waals surface area (Å²) in [5.74, 6) is 0. The molecule has 53 heavy (non-hydrogen) atoms. The van der Waals surface area contributed by atoms with Crippen molar-refractivity contribution in [3.63, 3.8) is 0 Å². The smallest absolute Gasteiger partial charge is 0.180 e. The number of fused-ring (bicyclic) bond motifs is 8. The third-order valence-electron chi connectivity index (χ3n) is 6.11. The molecule has 9 rings (SSSR count). The Balaban J connectivity index is 0.000000211. The third-order valence-corrected chi connectivity index (χ3v) is 6.11. The molecule has 2 N–H and O–H groups in total. The van der Waals surface area contributed by atoms with Gasteiger partial charge in [-0.1, -0.05) is 84.4 Å². The number of halogens is 3. The number of aromatic nitrogens is 8. The molecule has 12 heteroatoms. The van der Waals surface area contributed by atoms with Crippen LogP contribution in [0.25, 0.3) is 46.4 Å². The van der Waals surface area contributed by atoms with Gasteiger partial charge in [0.05, 0.1) is 22.8 Å². The van der Waals surface area contributed by atoms with Crippen LogP contribution in [-0.4, -0.2) is 44.2 Å². The zero-order valence-corrected chi connectivity index (χ0v) is 32.3. The molecule has 0 aromatic carbocycles. The summed E-state index contributed by atoms with van der Waals surface area (Å²) in [4.78, 5) is 30.7. The molecule has 2 aliphatic heterocycles. The van der Waals surface area contributed by atoms with Crippen molar-refractivity contribution in [2.45, 2.75) is 4.30 Å². The van der Waals surface area contributed by atoms with Crippen LogP contribution < -0.4 is 0 Å². The number of H-pyrrole nitrogens is 2. The van der Waals surface area contributed by atoms with Crippen LogP contribution in [0.4, 0.5) is 0 Å². The third kappa shape index (κ3) is 18.7. The minimum absolute atomic E-state index is 0. The Labute approximate surface area is 339 Å². The number of nitrogens with one attached hydrogen (secondary N) is 2. The van der Waals surface area contributed by atoms with E-state index in [4.69, 9.17) is 34.8 Å². The van der Waals surface area contributed by atoms with Gasteiger partial charge in [0.2, 0.25) is 0 Å². The second-order valence-electron chi connectivity index (χ2n) is 9.99. The zero-order valence-electron chi connectivity index (χ0n) is 27.9. The molecule has 8 nitrogen and oxygen atoms in total. The first kappa shape index (κ1) is 42.2. The normalized spacial score (nSPS) is 10.0. The van der Waals surface area contributed by atoms with E-state index in [0.717, 1.165) is 44.8 Å². The van der Waals surface area contributed by atoms with Crippen molar-refractivity contribution < 1.29 is 22.4 Å². The standard InChI is InChI=1S/C20H14N4.4C5H4N.CHCl3.Au/c1-2-14-10-16-5-6-18(23-16)12-20-8-7-19(24-20)11-17-4-3-15(22-17)9-13(1)21-14;4*1-2-4-6-5-3-1;2-1(3)4;/h1-12,21-22H;4*1-4H;1H;/q;4*-1;;. The number of aromatic amines is 2. The van der Waals surface area contributed by atoms with Crippen molar-refractivity contribution in [2.75, 3.05) is 0 Å². The van der Waals surface area contributed by atoms with Gasteiger partial charge >= 0.3 is 0 Å². The molecule has 0 fully saturated rings. The van der Waals surface area contributed by atoms with E-state index in [2.05, 4.69) is 95.0 Å². The Hall–Kier alpha value is -5.19. The van der Waals surface area contributed by atoms with Crippen LogP contribution in [0.5, 0.6) is 0 Å². The van der Waals surface area contributed by atoms with Gasteiger partial charge in [-0.05, 0) is 72.8 Å². The first-order chi connectivity index (χ1) is 25.5. The van der Waals surface area contributed by atoms with Crippen LogP contribution in [0.2, 0.25) is 0 Å². The van der Waals surface area contributed by atoms with Gasteiger partial charge in [-0.15, -0.1) is 0 Å². The van der Waals surface area contributed by atoms with Gasteiger partial charge in [0.25, 0.3) is 0 Å². The summed E-state index contributed by atoms with van der Waals surface area (Å²) in [5, 5.41) is 0. The van der Waals surface area contributed by atoms with Crippen molar-refractivity contribution in [2.24, 2.45) is 0 Å². The Morgan fingerprint density at radius 2 is 0.698 bits per heavy atom. The molecular weight excluding hydrogens is 908 g/mol. The number of pyridine rings is 4. The average molecular weight is 939 g/mol. The van der Waals surface area contributed by atoms with Gasteiger partial charge in [-0.2, -0.15) is 72.8 Å². The van der Waals surface area contributed by atoms with Crippen LogP contribution in [0.3, 0.4) is 0 Å². The monoisotopic (exact) mass is 937 g/mol. The summed E-state index contributed by atoms with van der Waals surface area (Å²) in [6.45, 7) is 0. The number of hydrogen-bond donors (Lipinski definition) is 2. The predicted molar refractivity (Wildman–Crippen MR) is 212 cm³/mol. The molecule has 0 aliphatic carbocycles. The summed E-state index contributed by atoms with van der Waals surface area (Å²) in [6.07, 6.45) is 25.4.